The molecule has 2 heterocycles. The molecule has 0 fully saturated rings. The predicted molar refractivity (Wildman–Crippen MR) is 137 cm³/mol. The number of aryl methyl sites for hydroxylation is 1. The Morgan fingerprint density at radius 2 is 1.89 bits per heavy atom. The van der Waals surface area contributed by atoms with Crippen LogP contribution in [0.3, 0.4) is 0 Å². The van der Waals surface area contributed by atoms with Crippen LogP contribution >= 0.6 is 0 Å². The van der Waals surface area contributed by atoms with Gasteiger partial charge in [0.05, 0.1) is 13.3 Å². The molecule has 0 bridgehead atoms. The number of aromatic hydroxyl groups is 1. The molecule has 0 amide bonds. The van der Waals surface area contributed by atoms with Gasteiger partial charge in [0.25, 0.3) is 0 Å². The van der Waals surface area contributed by atoms with Crippen LogP contribution in [0.15, 0.2) is 72.9 Å². The molecule has 1 N–H and O–H groups in total. The zero-order chi connectivity index (χ0) is 26.5. The molecular formula is C29H27N3O6. The predicted octanol–water partition coefficient (Wildman–Crippen LogP) is 4.17. The molecule has 0 aliphatic carbocycles. The van der Waals surface area contributed by atoms with Crippen LogP contribution in [0.5, 0.6) is 17.2 Å². The Morgan fingerprint density at radius 3 is 2.66 bits per heavy atom. The first-order valence-corrected chi connectivity index (χ1v) is 12.3. The van der Waals surface area contributed by atoms with Crippen LogP contribution in [0.4, 0.5) is 0 Å². The Hall–Kier alpha value is -4.66. The fraction of sp³-hybridized carbons (Fsp3) is 0.241. The van der Waals surface area contributed by atoms with Gasteiger partial charge in [-0.05, 0) is 42.2 Å². The molecule has 0 saturated heterocycles. The van der Waals surface area contributed by atoms with E-state index in [2.05, 4.69) is 10.3 Å². The molecule has 1 atom stereocenters. The number of phenolic OH excluding ortho intramolecular Hbond substituents is 1. The molecule has 38 heavy (non-hydrogen) atoms. The quantitative estimate of drug-likeness (QED) is 0.248. The van der Waals surface area contributed by atoms with Crippen molar-refractivity contribution in [3.05, 3.63) is 101 Å². The number of aromatic nitrogens is 3. The average molecular weight is 514 g/mol. The number of methoxy groups -OCH3 is 1. The van der Waals surface area contributed by atoms with Crippen molar-refractivity contribution in [2.75, 3.05) is 7.11 Å². The molecule has 3 aromatic carbocycles. The summed E-state index contributed by atoms with van der Waals surface area (Å²) in [6.07, 6.45) is 3.19. The molecule has 1 aliphatic heterocycles. The Balaban J connectivity index is 1.20. The van der Waals surface area contributed by atoms with Crippen molar-refractivity contribution in [1.82, 2.24) is 15.0 Å². The summed E-state index contributed by atoms with van der Waals surface area (Å²) >= 11 is 0. The second kappa shape index (κ2) is 11.2. The first kappa shape index (κ1) is 25.0. The van der Waals surface area contributed by atoms with Crippen molar-refractivity contribution in [3.63, 3.8) is 0 Å². The number of phenols is 1. The second-order valence-corrected chi connectivity index (χ2v) is 9.08. The van der Waals surface area contributed by atoms with E-state index < -0.39 is 5.97 Å². The third kappa shape index (κ3) is 5.83. The maximum Gasteiger partial charge on any atom is 0.342 e. The molecule has 5 rings (SSSR count). The highest BCUT2D eigenvalue weighted by molar-refractivity contribution is 5.96. The third-order valence-corrected chi connectivity index (χ3v) is 6.39. The van der Waals surface area contributed by atoms with Crippen LogP contribution in [0, 0.1) is 0 Å². The number of fused-ring (bicyclic) bond motifs is 1. The lowest BCUT2D eigenvalue weighted by Crippen LogP contribution is -2.28. The van der Waals surface area contributed by atoms with Crippen molar-refractivity contribution in [2.24, 2.45) is 0 Å². The van der Waals surface area contributed by atoms with E-state index in [-0.39, 0.29) is 36.4 Å². The molecule has 0 radical (unpaired) electrons. The van der Waals surface area contributed by atoms with E-state index in [1.165, 1.54) is 10.7 Å². The van der Waals surface area contributed by atoms with Crippen LogP contribution in [0.1, 0.15) is 44.0 Å². The maximum atomic E-state index is 12.6. The number of Topliss-reactive ketones (excluding diaryl/α,β-unsaturated/α-hetero) is 1. The lowest BCUT2D eigenvalue weighted by molar-refractivity contribution is 0.0234. The van der Waals surface area contributed by atoms with Crippen molar-refractivity contribution >= 4 is 11.8 Å². The number of carbonyl (C=O) groups excluding carboxylic acids is 2. The molecular weight excluding hydrogens is 486 g/mol. The maximum absolute atomic E-state index is 12.6. The molecule has 9 nitrogen and oxygen atoms in total. The Bertz CT molecular complexity index is 1430. The second-order valence-electron chi connectivity index (χ2n) is 9.08. The van der Waals surface area contributed by atoms with Gasteiger partial charge in [0, 0.05) is 18.1 Å². The molecule has 0 saturated carbocycles. The van der Waals surface area contributed by atoms with Gasteiger partial charge in [0.15, 0.2) is 5.78 Å². The Morgan fingerprint density at radius 1 is 1.11 bits per heavy atom. The van der Waals surface area contributed by atoms with Crippen molar-refractivity contribution in [3.8, 4) is 17.2 Å². The van der Waals surface area contributed by atoms with Gasteiger partial charge >= 0.3 is 5.97 Å². The number of ketones is 1. The zero-order valence-electron chi connectivity index (χ0n) is 20.9. The number of carbonyl (C=O) groups is 2. The summed E-state index contributed by atoms with van der Waals surface area (Å²) in [5, 5.41) is 18.6. The highest BCUT2D eigenvalue weighted by Crippen LogP contribution is 2.34. The van der Waals surface area contributed by atoms with Crippen LogP contribution < -0.4 is 9.47 Å². The topological polar surface area (TPSA) is 113 Å². The van der Waals surface area contributed by atoms with E-state index in [9.17, 15) is 14.7 Å². The third-order valence-electron chi connectivity index (χ3n) is 6.39. The minimum absolute atomic E-state index is 0.0661. The number of nitrogens with zero attached hydrogens (tertiary/aromatic N) is 3. The summed E-state index contributed by atoms with van der Waals surface area (Å²) in [7, 11) is 1.63. The van der Waals surface area contributed by atoms with Gasteiger partial charge in [-0.25, -0.2) is 9.48 Å². The van der Waals surface area contributed by atoms with Gasteiger partial charge in [0.2, 0.25) is 0 Å². The lowest BCUT2D eigenvalue weighted by Gasteiger charge is -2.25. The zero-order valence-corrected chi connectivity index (χ0v) is 20.9. The molecule has 4 aromatic rings. The molecule has 1 aliphatic rings. The van der Waals surface area contributed by atoms with Crippen molar-refractivity contribution < 1.29 is 28.9 Å². The smallest absolute Gasteiger partial charge is 0.342 e. The van der Waals surface area contributed by atoms with E-state index >= 15 is 0 Å². The van der Waals surface area contributed by atoms with E-state index in [4.69, 9.17) is 14.2 Å². The summed E-state index contributed by atoms with van der Waals surface area (Å²) in [5.41, 5.74) is 3.09. The van der Waals surface area contributed by atoms with Gasteiger partial charge in [-0.3, -0.25) is 4.79 Å². The molecule has 9 heteroatoms. The van der Waals surface area contributed by atoms with Crippen molar-refractivity contribution in [1.29, 1.82) is 0 Å². The Kier molecular flexibility index (Phi) is 7.35. The Labute approximate surface area is 219 Å². The van der Waals surface area contributed by atoms with Crippen LogP contribution in [0.2, 0.25) is 0 Å². The standard InChI is InChI=1S/C29H27N3O6/c1-36-23-10-7-19(8-11-23)9-12-24-13-21-14-25(15-26(33)28(21)29(35)38-24)37-18-22-16-32(31-30-22)17-27(34)20-5-3-2-4-6-20/h2-8,10-11,14-16,24,33H,9,12-13,17-18H2,1H3. The van der Waals surface area contributed by atoms with E-state index in [1.54, 1.807) is 31.5 Å². The summed E-state index contributed by atoms with van der Waals surface area (Å²) in [4.78, 5) is 25.0. The minimum Gasteiger partial charge on any atom is -0.507 e. The van der Waals surface area contributed by atoms with Crippen LogP contribution in [-0.4, -0.2) is 45.1 Å². The first-order valence-electron chi connectivity index (χ1n) is 12.3. The van der Waals surface area contributed by atoms with Gasteiger partial charge in [-0.2, -0.15) is 0 Å². The SMILES string of the molecule is COc1ccc(CCC2Cc3cc(OCc4cn(CC(=O)c5ccccc5)nn4)cc(O)c3C(=O)O2)cc1. The summed E-state index contributed by atoms with van der Waals surface area (Å²) < 4.78 is 18.1. The number of rotatable bonds is 10. The average Bonchev–Trinajstić information content (AvgIpc) is 3.38. The van der Waals surface area contributed by atoms with Gasteiger partial charge < -0.3 is 19.3 Å². The lowest BCUT2D eigenvalue weighted by atomic mass is 9.94. The number of cyclic esters (lactones) is 1. The molecule has 0 spiro atoms. The largest absolute Gasteiger partial charge is 0.507 e. The molecule has 1 aromatic heterocycles. The van der Waals surface area contributed by atoms with Gasteiger partial charge in [-0.1, -0.05) is 47.7 Å². The van der Waals surface area contributed by atoms with E-state index in [1.807, 2.05) is 42.5 Å². The van der Waals surface area contributed by atoms with Crippen molar-refractivity contribution in [2.45, 2.75) is 38.5 Å². The van der Waals surface area contributed by atoms with E-state index in [0.29, 0.717) is 35.4 Å². The van der Waals surface area contributed by atoms with Crippen LogP contribution in [-0.2, 0) is 30.7 Å². The summed E-state index contributed by atoms with van der Waals surface area (Å²) in [6.45, 7) is 0.153. The minimum atomic E-state index is -0.541. The fourth-order valence-corrected chi connectivity index (χ4v) is 4.42. The van der Waals surface area contributed by atoms with Gasteiger partial charge in [-0.15, -0.1) is 5.10 Å². The fourth-order valence-electron chi connectivity index (χ4n) is 4.42. The first-order chi connectivity index (χ1) is 18.5. The molecule has 194 valence electrons. The molecule has 1 unspecified atom stereocenters. The number of hydrogen-bond acceptors (Lipinski definition) is 8. The number of ether oxygens (including phenoxy) is 3. The summed E-state index contributed by atoms with van der Waals surface area (Å²) in [6, 6.07) is 19.9. The summed E-state index contributed by atoms with van der Waals surface area (Å²) in [5.74, 6) is 0.392. The normalized spacial score (nSPS) is 14.4. The van der Waals surface area contributed by atoms with Gasteiger partial charge in [0.1, 0.15) is 47.8 Å². The van der Waals surface area contributed by atoms with E-state index in [0.717, 1.165) is 17.7 Å². The number of hydrogen-bond donors (Lipinski definition) is 1. The number of benzene rings is 3. The highest BCUT2D eigenvalue weighted by atomic mass is 16.5. The number of esters is 1. The van der Waals surface area contributed by atoms with Crippen LogP contribution in [0.25, 0.3) is 0 Å². The monoisotopic (exact) mass is 513 g/mol. The highest BCUT2D eigenvalue weighted by Gasteiger charge is 2.29.